The number of aryl methyl sites for hydroxylation is 3. The Kier molecular flexibility index (Phi) is 5.85. The van der Waals surface area contributed by atoms with Gasteiger partial charge in [0.2, 0.25) is 15.9 Å². The van der Waals surface area contributed by atoms with Gasteiger partial charge in [0.1, 0.15) is 11.6 Å². The molecule has 9 heteroatoms. The number of carbonyl (C=O) groups excluding carboxylic acids is 1. The maximum absolute atomic E-state index is 12.8. The van der Waals surface area contributed by atoms with Crippen molar-refractivity contribution in [2.45, 2.75) is 39.1 Å². The van der Waals surface area contributed by atoms with Gasteiger partial charge in [0, 0.05) is 26.2 Å². The van der Waals surface area contributed by atoms with Crippen LogP contribution in [-0.4, -0.2) is 64.5 Å². The number of nitrogens with zero attached hydrogens (tertiary/aromatic N) is 5. The number of benzene rings is 1. The monoisotopic (exact) mass is 405 g/mol. The van der Waals surface area contributed by atoms with Crippen LogP contribution in [0, 0.1) is 26.7 Å². The lowest BCUT2D eigenvalue weighted by Gasteiger charge is -2.35. The molecule has 0 aliphatic carbocycles. The number of hydrogen-bond donors (Lipinski definition) is 0. The van der Waals surface area contributed by atoms with Crippen molar-refractivity contribution in [2.75, 3.05) is 26.2 Å². The molecule has 8 nitrogen and oxygen atoms in total. The molecule has 0 unspecified atom stereocenters. The summed E-state index contributed by atoms with van der Waals surface area (Å²) in [5.74, 6) is 1.23. The van der Waals surface area contributed by atoms with E-state index in [0.29, 0.717) is 43.4 Å². The molecule has 1 atom stereocenters. The maximum atomic E-state index is 12.8. The van der Waals surface area contributed by atoms with E-state index in [4.69, 9.17) is 0 Å². The van der Waals surface area contributed by atoms with Gasteiger partial charge in [-0.2, -0.15) is 9.40 Å². The summed E-state index contributed by atoms with van der Waals surface area (Å²) in [6.45, 7) is 9.33. The van der Waals surface area contributed by atoms with Gasteiger partial charge in [0.15, 0.2) is 0 Å². The molecule has 0 radical (unpaired) electrons. The molecule has 152 valence electrons. The fourth-order valence-electron chi connectivity index (χ4n) is 3.39. The lowest BCUT2D eigenvalue weighted by atomic mass is 10.1. The molecule has 1 saturated heterocycles. The molecular formula is C19H27N5O3S. The zero-order valence-electron chi connectivity index (χ0n) is 16.8. The molecule has 28 heavy (non-hydrogen) atoms. The van der Waals surface area contributed by atoms with Gasteiger partial charge in [0.05, 0.1) is 17.4 Å². The largest absolute Gasteiger partial charge is 0.340 e. The number of hydrogen-bond acceptors (Lipinski definition) is 5. The van der Waals surface area contributed by atoms with Crippen molar-refractivity contribution >= 4 is 15.9 Å². The highest BCUT2D eigenvalue weighted by Gasteiger charge is 2.31. The SMILES string of the molecule is Cc1ccc(S(=O)(=O)N2CCN(C(=O)[C@H](C)Cn3nc(C)nc3C)CC2)cc1. The van der Waals surface area contributed by atoms with Crippen LogP contribution < -0.4 is 0 Å². The third-order valence-electron chi connectivity index (χ3n) is 5.04. The molecule has 1 aromatic heterocycles. The predicted molar refractivity (Wildman–Crippen MR) is 105 cm³/mol. The van der Waals surface area contributed by atoms with Crippen molar-refractivity contribution in [1.29, 1.82) is 0 Å². The summed E-state index contributed by atoms with van der Waals surface area (Å²) in [5.41, 5.74) is 1.01. The Hall–Kier alpha value is -2.26. The van der Waals surface area contributed by atoms with Crippen LogP contribution in [0.2, 0.25) is 0 Å². The van der Waals surface area contributed by atoms with Crippen LogP contribution in [0.15, 0.2) is 29.2 Å². The fraction of sp³-hybridized carbons (Fsp3) is 0.526. The van der Waals surface area contributed by atoms with E-state index in [0.717, 1.165) is 11.4 Å². The predicted octanol–water partition coefficient (Wildman–Crippen LogP) is 1.37. The van der Waals surface area contributed by atoms with Crippen molar-refractivity contribution in [3.05, 3.63) is 41.5 Å². The molecule has 0 saturated carbocycles. The number of aromatic nitrogens is 3. The normalized spacial score (nSPS) is 16.9. The summed E-state index contributed by atoms with van der Waals surface area (Å²) in [5, 5.41) is 4.31. The second-order valence-corrected chi connectivity index (χ2v) is 9.27. The van der Waals surface area contributed by atoms with Crippen molar-refractivity contribution in [3.8, 4) is 0 Å². The van der Waals surface area contributed by atoms with E-state index in [-0.39, 0.29) is 11.8 Å². The Labute approximate surface area is 166 Å². The molecule has 2 aromatic rings. The molecule has 1 fully saturated rings. The first kappa shape index (κ1) is 20.5. The first-order chi connectivity index (χ1) is 13.2. The van der Waals surface area contributed by atoms with Gasteiger partial charge >= 0.3 is 0 Å². The third-order valence-corrected chi connectivity index (χ3v) is 6.95. The van der Waals surface area contributed by atoms with E-state index in [1.165, 1.54) is 4.31 Å². The minimum absolute atomic E-state index is 0.0138. The molecule has 1 aliphatic heterocycles. The number of amides is 1. The topological polar surface area (TPSA) is 88.4 Å². The van der Waals surface area contributed by atoms with Gasteiger partial charge in [-0.25, -0.2) is 18.1 Å². The molecule has 2 heterocycles. The molecule has 0 N–H and O–H groups in total. The Morgan fingerprint density at radius 2 is 1.68 bits per heavy atom. The van der Waals surface area contributed by atoms with E-state index < -0.39 is 10.0 Å². The average Bonchev–Trinajstić information content (AvgIpc) is 2.98. The van der Waals surface area contributed by atoms with E-state index in [9.17, 15) is 13.2 Å². The van der Waals surface area contributed by atoms with E-state index in [1.807, 2.05) is 27.7 Å². The number of rotatable bonds is 5. The van der Waals surface area contributed by atoms with Gasteiger partial charge in [-0.15, -0.1) is 0 Å². The van der Waals surface area contributed by atoms with E-state index >= 15 is 0 Å². The first-order valence-corrected chi connectivity index (χ1v) is 10.9. The van der Waals surface area contributed by atoms with Crippen LogP contribution in [-0.2, 0) is 21.4 Å². The standard InChI is InChI=1S/C19H27N5O3S/c1-14-5-7-18(8-6-14)28(26,27)23-11-9-22(10-12-23)19(25)15(2)13-24-17(4)20-16(3)21-24/h5-8,15H,9-13H2,1-4H3/t15-/m1/s1. The van der Waals surface area contributed by atoms with Crippen molar-refractivity contribution in [2.24, 2.45) is 5.92 Å². The molecule has 3 rings (SSSR count). The summed E-state index contributed by atoms with van der Waals surface area (Å²) >= 11 is 0. The summed E-state index contributed by atoms with van der Waals surface area (Å²) < 4.78 is 28.8. The summed E-state index contributed by atoms with van der Waals surface area (Å²) in [4.78, 5) is 19.1. The zero-order valence-corrected chi connectivity index (χ0v) is 17.6. The van der Waals surface area contributed by atoms with Crippen molar-refractivity contribution in [3.63, 3.8) is 0 Å². The molecule has 1 aromatic carbocycles. The van der Waals surface area contributed by atoms with Crippen LogP contribution in [0.25, 0.3) is 0 Å². The maximum Gasteiger partial charge on any atom is 0.243 e. The van der Waals surface area contributed by atoms with Gasteiger partial charge in [-0.3, -0.25) is 4.79 Å². The fourth-order valence-corrected chi connectivity index (χ4v) is 4.81. The molecular weight excluding hydrogens is 378 g/mol. The Morgan fingerprint density at radius 1 is 1.07 bits per heavy atom. The Bertz CT molecular complexity index is 944. The quantitative estimate of drug-likeness (QED) is 0.750. The molecule has 0 spiro atoms. The smallest absolute Gasteiger partial charge is 0.243 e. The van der Waals surface area contributed by atoms with Crippen molar-refractivity contribution in [1.82, 2.24) is 24.0 Å². The van der Waals surface area contributed by atoms with Crippen LogP contribution in [0.5, 0.6) is 0 Å². The highest BCUT2D eigenvalue weighted by atomic mass is 32.2. The minimum Gasteiger partial charge on any atom is -0.340 e. The molecule has 0 bridgehead atoms. The highest BCUT2D eigenvalue weighted by molar-refractivity contribution is 7.89. The Balaban J connectivity index is 1.60. The number of sulfonamides is 1. The third kappa shape index (κ3) is 4.25. The van der Waals surface area contributed by atoms with Crippen LogP contribution in [0.4, 0.5) is 0 Å². The highest BCUT2D eigenvalue weighted by Crippen LogP contribution is 2.19. The molecule has 1 aliphatic rings. The van der Waals surface area contributed by atoms with Gasteiger partial charge in [-0.05, 0) is 32.9 Å². The van der Waals surface area contributed by atoms with Crippen LogP contribution in [0.1, 0.15) is 24.1 Å². The zero-order chi connectivity index (χ0) is 20.5. The summed E-state index contributed by atoms with van der Waals surface area (Å²) in [6, 6.07) is 6.85. The van der Waals surface area contributed by atoms with E-state index in [2.05, 4.69) is 10.1 Å². The summed E-state index contributed by atoms with van der Waals surface area (Å²) in [6.07, 6.45) is 0. The van der Waals surface area contributed by atoms with Gasteiger partial charge in [0.25, 0.3) is 0 Å². The number of piperazine rings is 1. The second-order valence-electron chi connectivity index (χ2n) is 7.33. The number of carbonyl (C=O) groups is 1. The van der Waals surface area contributed by atoms with Gasteiger partial charge in [-0.1, -0.05) is 24.6 Å². The first-order valence-electron chi connectivity index (χ1n) is 9.42. The minimum atomic E-state index is -3.53. The van der Waals surface area contributed by atoms with Crippen molar-refractivity contribution < 1.29 is 13.2 Å². The van der Waals surface area contributed by atoms with Crippen LogP contribution >= 0.6 is 0 Å². The second kappa shape index (κ2) is 8.00. The average molecular weight is 406 g/mol. The molecule has 1 amide bonds. The summed E-state index contributed by atoms with van der Waals surface area (Å²) in [7, 11) is -3.53. The lowest BCUT2D eigenvalue weighted by molar-refractivity contribution is -0.136. The Morgan fingerprint density at radius 3 is 2.21 bits per heavy atom. The van der Waals surface area contributed by atoms with Crippen LogP contribution in [0.3, 0.4) is 0 Å². The van der Waals surface area contributed by atoms with E-state index in [1.54, 1.807) is 33.8 Å². The lowest BCUT2D eigenvalue weighted by Crippen LogP contribution is -2.52. The van der Waals surface area contributed by atoms with Gasteiger partial charge < -0.3 is 4.90 Å².